The summed E-state index contributed by atoms with van der Waals surface area (Å²) in [5.41, 5.74) is 7.43. The van der Waals surface area contributed by atoms with Crippen molar-refractivity contribution in [3.05, 3.63) is 48.5 Å². The number of nitrogens with zero attached hydrogens (tertiary/aromatic N) is 1. The van der Waals surface area contributed by atoms with Gasteiger partial charge in [-0.25, -0.2) is 4.39 Å². The van der Waals surface area contributed by atoms with Gasteiger partial charge >= 0.3 is 0 Å². The van der Waals surface area contributed by atoms with Gasteiger partial charge in [0.1, 0.15) is 6.61 Å². The van der Waals surface area contributed by atoms with Crippen LogP contribution in [0, 0.1) is 11.7 Å². The van der Waals surface area contributed by atoms with E-state index in [0.29, 0.717) is 5.92 Å². The van der Waals surface area contributed by atoms with Crippen LogP contribution in [0.15, 0.2) is 42.7 Å². The van der Waals surface area contributed by atoms with Gasteiger partial charge in [-0.15, -0.1) is 0 Å². The van der Waals surface area contributed by atoms with E-state index in [0.717, 1.165) is 17.5 Å². The van der Waals surface area contributed by atoms with Gasteiger partial charge in [0.15, 0.2) is 11.6 Å². The molecular formula is C18H23FN2O. The first-order chi connectivity index (χ1) is 10.4. The molecule has 2 rings (SSSR count). The van der Waals surface area contributed by atoms with E-state index in [1.165, 1.54) is 6.07 Å². The van der Waals surface area contributed by atoms with Crippen LogP contribution in [0.4, 0.5) is 4.39 Å². The molecule has 0 aliphatic carbocycles. The minimum atomic E-state index is -0.468. The largest absolute Gasteiger partial charge is 0.489 e. The summed E-state index contributed by atoms with van der Waals surface area (Å²) in [6, 6.07) is 8.64. The van der Waals surface area contributed by atoms with E-state index in [4.69, 9.17) is 10.5 Å². The van der Waals surface area contributed by atoms with Crippen LogP contribution < -0.4 is 10.5 Å². The second-order valence-electron chi connectivity index (χ2n) is 6.42. The number of hydrogen-bond acceptors (Lipinski definition) is 3. The maximum Gasteiger partial charge on any atom is 0.165 e. The fourth-order valence-electron chi connectivity index (χ4n) is 2.58. The van der Waals surface area contributed by atoms with Gasteiger partial charge in [-0.1, -0.05) is 19.9 Å². The second kappa shape index (κ2) is 6.88. The van der Waals surface area contributed by atoms with Crippen molar-refractivity contribution < 1.29 is 9.13 Å². The summed E-state index contributed by atoms with van der Waals surface area (Å²) in [4.78, 5) is 3.96. The van der Waals surface area contributed by atoms with Crippen LogP contribution in [0.25, 0.3) is 11.1 Å². The number of hydrogen-bond donors (Lipinski definition) is 1. The quantitative estimate of drug-likeness (QED) is 0.876. The van der Waals surface area contributed by atoms with E-state index in [-0.39, 0.29) is 18.2 Å². The van der Waals surface area contributed by atoms with Gasteiger partial charge in [0.05, 0.1) is 0 Å². The SMILES string of the molecule is CC(C)CC(C)(N)COc1ccc(-c2ccncc2)cc1F. The third kappa shape index (κ3) is 4.53. The molecule has 0 saturated heterocycles. The van der Waals surface area contributed by atoms with E-state index in [9.17, 15) is 4.39 Å². The standard InChI is InChI=1S/C18H23FN2O/c1-13(2)11-18(3,20)12-22-17-5-4-15(10-16(17)19)14-6-8-21-9-7-14/h4-10,13H,11-12,20H2,1-3H3. The molecule has 0 aliphatic heterocycles. The van der Waals surface area contributed by atoms with Gasteiger partial charge in [-0.05, 0) is 54.7 Å². The molecule has 118 valence electrons. The van der Waals surface area contributed by atoms with Crippen LogP contribution in [0.3, 0.4) is 0 Å². The van der Waals surface area contributed by atoms with Crippen molar-refractivity contribution in [3.63, 3.8) is 0 Å². The van der Waals surface area contributed by atoms with Crippen molar-refractivity contribution in [2.45, 2.75) is 32.7 Å². The molecule has 2 aromatic rings. The van der Waals surface area contributed by atoms with Crippen molar-refractivity contribution in [2.75, 3.05) is 6.61 Å². The van der Waals surface area contributed by atoms with Crippen LogP contribution in [0.5, 0.6) is 5.75 Å². The third-order valence-corrected chi connectivity index (χ3v) is 3.38. The molecule has 0 saturated carbocycles. The highest BCUT2D eigenvalue weighted by molar-refractivity contribution is 5.63. The van der Waals surface area contributed by atoms with E-state index < -0.39 is 5.54 Å². The molecule has 0 amide bonds. The average Bonchev–Trinajstić information content (AvgIpc) is 2.45. The lowest BCUT2D eigenvalue weighted by Crippen LogP contribution is -2.43. The van der Waals surface area contributed by atoms with Crippen molar-refractivity contribution in [3.8, 4) is 16.9 Å². The van der Waals surface area contributed by atoms with Gasteiger partial charge in [0.25, 0.3) is 0 Å². The van der Waals surface area contributed by atoms with Crippen LogP contribution in [-0.4, -0.2) is 17.1 Å². The predicted molar refractivity (Wildman–Crippen MR) is 87.2 cm³/mol. The Labute approximate surface area is 131 Å². The molecule has 0 radical (unpaired) electrons. The van der Waals surface area contributed by atoms with Crippen LogP contribution in [-0.2, 0) is 0 Å². The first-order valence-electron chi connectivity index (χ1n) is 7.49. The summed E-state index contributed by atoms with van der Waals surface area (Å²) in [5.74, 6) is 0.324. The average molecular weight is 302 g/mol. The molecule has 1 unspecified atom stereocenters. The molecule has 1 heterocycles. The number of rotatable bonds is 6. The molecule has 1 aromatic heterocycles. The van der Waals surface area contributed by atoms with Crippen LogP contribution in [0.1, 0.15) is 27.2 Å². The molecule has 22 heavy (non-hydrogen) atoms. The second-order valence-corrected chi connectivity index (χ2v) is 6.42. The molecular weight excluding hydrogens is 279 g/mol. The number of ether oxygens (including phenoxy) is 1. The Balaban J connectivity index is 2.08. The highest BCUT2D eigenvalue weighted by Crippen LogP contribution is 2.26. The van der Waals surface area contributed by atoms with Crippen molar-refractivity contribution >= 4 is 0 Å². The Morgan fingerprint density at radius 3 is 2.45 bits per heavy atom. The Kier molecular flexibility index (Phi) is 5.14. The van der Waals surface area contributed by atoms with Gasteiger partial charge in [-0.3, -0.25) is 4.98 Å². The Morgan fingerprint density at radius 2 is 1.86 bits per heavy atom. The number of aromatic nitrogens is 1. The van der Waals surface area contributed by atoms with Crippen molar-refractivity contribution in [2.24, 2.45) is 11.7 Å². The fraction of sp³-hybridized carbons (Fsp3) is 0.389. The number of nitrogens with two attached hydrogens (primary N) is 1. The maximum absolute atomic E-state index is 14.2. The van der Waals surface area contributed by atoms with Crippen molar-refractivity contribution in [1.82, 2.24) is 4.98 Å². The summed E-state index contributed by atoms with van der Waals surface area (Å²) in [5, 5.41) is 0. The van der Waals surface area contributed by atoms with E-state index in [1.807, 2.05) is 25.1 Å². The predicted octanol–water partition coefficient (Wildman–Crippen LogP) is 4.03. The third-order valence-electron chi connectivity index (χ3n) is 3.38. The zero-order chi connectivity index (χ0) is 16.2. The Hall–Kier alpha value is -1.94. The highest BCUT2D eigenvalue weighted by atomic mass is 19.1. The lowest BCUT2D eigenvalue weighted by molar-refractivity contribution is 0.200. The van der Waals surface area contributed by atoms with Gasteiger partial charge in [0, 0.05) is 17.9 Å². The van der Waals surface area contributed by atoms with E-state index >= 15 is 0 Å². The fourth-order valence-corrected chi connectivity index (χ4v) is 2.58. The molecule has 2 N–H and O–H groups in total. The first kappa shape index (κ1) is 16.4. The van der Waals surface area contributed by atoms with Gasteiger partial charge in [0.2, 0.25) is 0 Å². The molecule has 0 fully saturated rings. The summed E-state index contributed by atoms with van der Waals surface area (Å²) < 4.78 is 19.8. The zero-order valence-corrected chi connectivity index (χ0v) is 13.3. The minimum absolute atomic E-state index is 0.234. The molecule has 1 atom stereocenters. The first-order valence-corrected chi connectivity index (χ1v) is 7.49. The van der Waals surface area contributed by atoms with E-state index in [1.54, 1.807) is 18.5 Å². The lowest BCUT2D eigenvalue weighted by atomic mass is 9.93. The topological polar surface area (TPSA) is 48.1 Å². The molecule has 0 spiro atoms. The number of halogens is 1. The van der Waals surface area contributed by atoms with Crippen LogP contribution in [0.2, 0.25) is 0 Å². The van der Waals surface area contributed by atoms with Crippen molar-refractivity contribution in [1.29, 1.82) is 0 Å². The van der Waals surface area contributed by atoms with Crippen LogP contribution >= 0.6 is 0 Å². The lowest BCUT2D eigenvalue weighted by Gasteiger charge is -2.26. The van der Waals surface area contributed by atoms with E-state index in [2.05, 4.69) is 18.8 Å². The normalized spacial score (nSPS) is 13.9. The minimum Gasteiger partial charge on any atom is -0.489 e. The number of pyridine rings is 1. The summed E-state index contributed by atoms with van der Waals surface area (Å²) in [6.07, 6.45) is 4.19. The summed E-state index contributed by atoms with van der Waals surface area (Å²) in [7, 11) is 0. The molecule has 0 aliphatic rings. The monoisotopic (exact) mass is 302 g/mol. The molecule has 3 nitrogen and oxygen atoms in total. The maximum atomic E-state index is 14.2. The smallest absolute Gasteiger partial charge is 0.165 e. The van der Waals surface area contributed by atoms with Gasteiger partial charge < -0.3 is 10.5 Å². The Bertz CT molecular complexity index is 612. The Morgan fingerprint density at radius 1 is 1.18 bits per heavy atom. The summed E-state index contributed by atoms with van der Waals surface area (Å²) in [6.45, 7) is 6.43. The molecule has 0 bridgehead atoms. The molecule has 1 aromatic carbocycles. The molecule has 4 heteroatoms. The summed E-state index contributed by atoms with van der Waals surface area (Å²) >= 11 is 0. The van der Waals surface area contributed by atoms with Gasteiger partial charge in [-0.2, -0.15) is 0 Å². The zero-order valence-electron chi connectivity index (χ0n) is 13.3. The number of benzene rings is 1. The highest BCUT2D eigenvalue weighted by Gasteiger charge is 2.21.